The van der Waals surface area contributed by atoms with Crippen LogP contribution in [0.15, 0.2) is 48.5 Å². The van der Waals surface area contributed by atoms with E-state index < -0.39 is 5.60 Å². The lowest BCUT2D eigenvalue weighted by molar-refractivity contribution is -0.119. The first-order chi connectivity index (χ1) is 14.3. The number of benzene rings is 2. The van der Waals surface area contributed by atoms with Gasteiger partial charge in [-0.3, -0.25) is 9.69 Å². The zero-order valence-corrected chi connectivity index (χ0v) is 18.6. The molecule has 2 aromatic carbocycles. The molecule has 1 amide bonds. The second kappa shape index (κ2) is 7.95. The molecule has 2 aliphatic heterocycles. The van der Waals surface area contributed by atoms with E-state index in [-0.39, 0.29) is 17.3 Å². The summed E-state index contributed by atoms with van der Waals surface area (Å²) in [6.07, 6.45) is 0. The van der Waals surface area contributed by atoms with Crippen LogP contribution in [0.25, 0.3) is 0 Å². The third kappa shape index (κ3) is 3.91. The Morgan fingerprint density at radius 1 is 1.17 bits per heavy atom. The number of amides is 1. The van der Waals surface area contributed by atoms with Crippen molar-refractivity contribution in [2.45, 2.75) is 30.9 Å². The Morgan fingerprint density at radius 2 is 1.83 bits per heavy atom. The minimum Gasteiger partial charge on any atom is -0.497 e. The number of methoxy groups -OCH3 is 1. The van der Waals surface area contributed by atoms with Crippen molar-refractivity contribution in [2.24, 2.45) is 0 Å². The van der Waals surface area contributed by atoms with Gasteiger partial charge in [0.05, 0.1) is 12.8 Å². The van der Waals surface area contributed by atoms with E-state index in [4.69, 9.17) is 17.0 Å². The van der Waals surface area contributed by atoms with Crippen LogP contribution in [0.2, 0.25) is 0 Å². The average Bonchev–Trinajstić information content (AvgIpc) is 3.27. The molecular formula is C23H22N2O3S2. The van der Waals surface area contributed by atoms with Gasteiger partial charge in [0.2, 0.25) is 0 Å². The Balaban J connectivity index is 1.57. The highest BCUT2D eigenvalue weighted by Crippen LogP contribution is 2.46. The molecule has 5 nitrogen and oxygen atoms in total. The van der Waals surface area contributed by atoms with Crippen LogP contribution >= 0.6 is 24.0 Å². The fourth-order valence-electron chi connectivity index (χ4n) is 3.47. The Kier molecular flexibility index (Phi) is 5.49. The van der Waals surface area contributed by atoms with Gasteiger partial charge in [-0.25, -0.2) is 0 Å². The van der Waals surface area contributed by atoms with Crippen LogP contribution in [0.4, 0.5) is 5.69 Å². The van der Waals surface area contributed by atoms with E-state index in [1.54, 1.807) is 37.6 Å². The molecule has 0 bridgehead atoms. The van der Waals surface area contributed by atoms with E-state index in [0.717, 1.165) is 22.6 Å². The van der Waals surface area contributed by atoms with E-state index in [9.17, 15) is 9.90 Å². The van der Waals surface area contributed by atoms with E-state index in [0.29, 0.717) is 10.9 Å². The zero-order chi connectivity index (χ0) is 21.5. The third-order valence-corrected chi connectivity index (χ3v) is 6.67. The molecule has 0 saturated carbocycles. The number of thiocarbonyl (C=S) groups is 1. The lowest BCUT2D eigenvalue weighted by atomic mass is 10.1. The van der Waals surface area contributed by atoms with Crippen molar-refractivity contribution in [1.29, 1.82) is 0 Å². The molecule has 2 fully saturated rings. The van der Waals surface area contributed by atoms with Crippen molar-refractivity contribution in [1.82, 2.24) is 4.90 Å². The molecule has 0 aromatic heterocycles. The number of carbonyl (C=O) groups is 1. The van der Waals surface area contributed by atoms with Crippen molar-refractivity contribution < 1.29 is 14.6 Å². The van der Waals surface area contributed by atoms with Gasteiger partial charge in [0.1, 0.15) is 22.8 Å². The minimum absolute atomic E-state index is 0.00725. The SMILES string of the molecule is COc1ccc(N2C(=O)[C@@H]3CS[C@@H](c4ccc(C#CC(C)(C)O)cc4)N3C2=S)cc1. The molecule has 7 heteroatoms. The summed E-state index contributed by atoms with van der Waals surface area (Å²) in [5.41, 5.74) is 1.63. The molecular weight excluding hydrogens is 416 g/mol. The van der Waals surface area contributed by atoms with Gasteiger partial charge in [0, 0.05) is 11.3 Å². The summed E-state index contributed by atoms with van der Waals surface area (Å²) in [6.45, 7) is 3.31. The zero-order valence-electron chi connectivity index (χ0n) is 17.0. The normalized spacial score (nSPS) is 20.8. The topological polar surface area (TPSA) is 53.0 Å². The second-order valence-electron chi connectivity index (χ2n) is 7.69. The van der Waals surface area contributed by atoms with Crippen LogP contribution in [-0.4, -0.2) is 45.5 Å². The monoisotopic (exact) mass is 438 g/mol. The molecule has 2 atom stereocenters. The molecule has 30 heavy (non-hydrogen) atoms. The van der Waals surface area contributed by atoms with Gasteiger partial charge in [0.15, 0.2) is 5.11 Å². The lowest BCUT2D eigenvalue weighted by Gasteiger charge is -2.25. The highest BCUT2D eigenvalue weighted by atomic mass is 32.2. The van der Waals surface area contributed by atoms with Crippen molar-refractivity contribution in [2.75, 3.05) is 17.8 Å². The van der Waals surface area contributed by atoms with Crippen LogP contribution in [-0.2, 0) is 4.79 Å². The fraction of sp³-hybridized carbons (Fsp3) is 0.304. The number of rotatable bonds is 3. The van der Waals surface area contributed by atoms with Gasteiger partial charge in [0.25, 0.3) is 5.91 Å². The number of nitrogens with zero attached hydrogens (tertiary/aromatic N) is 2. The van der Waals surface area contributed by atoms with Crippen LogP contribution in [0.1, 0.15) is 30.3 Å². The molecule has 2 aromatic rings. The van der Waals surface area contributed by atoms with Crippen molar-refractivity contribution >= 4 is 40.7 Å². The Bertz CT molecular complexity index is 1030. The van der Waals surface area contributed by atoms with Gasteiger partial charge in [-0.1, -0.05) is 24.0 Å². The van der Waals surface area contributed by atoms with Crippen molar-refractivity contribution in [3.05, 3.63) is 59.7 Å². The highest BCUT2D eigenvalue weighted by molar-refractivity contribution is 7.99. The number of carbonyl (C=O) groups excluding carboxylic acids is 1. The Hall–Kier alpha value is -2.53. The standard InChI is InChI=1S/C23H22N2O3S2/c1-23(2,27)13-12-15-4-6-16(7-5-15)21-25-19(14-30-21)20(26)24(22(25)29)17-8-10-18(28-3)11-9-17/h4-11,19,21,27H,14H2,1-3H3/t19-,21-/m0/s1. The van der Waals surface area contributed by atoms with Gasteiger partial charge in [-0.2, -0.15) is 0 Å². The molecule has 4 rings (SSSR count). The summed E-state index contributed by atoms with van der Waals surface area (Å²) >= 11 is 7.44. The first-order valence-electron chi connectivity index (χ1n) is 9.56. The molecule has 1 N–H and O–H groups in total. The first kappa shape index (κ1) is 20.7. The van der Waals surface area contributed by atoms with Gasteiger partial charge < -0.3 is 14.7 Å². The number of hydrogen-bond donors (Lipinski definition) is 1. The van der Waals surface area contributed by atoms with E-state index in [1.165, 1.54) is 0 Å². The molecule has 154 valence electrons. The quantitative estimate of drug-likeness (QED) is 0.584. The Morgan fingerprint density at radius 3 is 2.43 bits per heavy atom. The fourth-order valence-corrected chi connectivity index (χ4v) is 5.39. The second-order valence-corrected chi connectivity index (χ2v) is 9.17. The molecule has 2 heterocycles. The van der Waals surface area contributed by atoms with Gasteiger partial charge >= 0.3 is 0 Å². The summed E-state index contributed by atoms with van der Waals surface area (Å²) in [6, 6.07) is 15.0. The predicted octanol–water partition coefficient (Wildman–Crippen LogP) is 3.57. The molecule has 0 unspecified atom stereocenters. The van der Waals surface area contributed by atoms with Crippen molar-refractivity contribution in [3.63, 3.8) is 0 Å². The smallest absolute Gasteiger partial charge is 0.257 e. The summed E-state index contributed by atoms with van der Waals surface area (Å²) in [7, 11) is 1.61. The van der Waals surface area contributed by atoms with Crippen molar-refractivity contribution in [3.8, 4) is 17.6 Å². The summed E-state index contributed by atoms with van der Waals surface area (Å²) in [4.78, 5) is 16.7. The van der Waals surface area contributed by atoms with Crippen LogP contribution < -0.4 is 9.64 Å². The maximum absolute atomic E-state index is 13.1. The predicted molar refractivity (Wildman–Crippen MR) is 124 cm³/mol. The molecule has 2 saturated heterocycles. The van der Waals surface area contributed by atoms with E-state index in [1.807, 2.05) is 53.4 Å². The van der Waals surface area contributed by atoms with Crippen LogP contribution in [0.3, 0.4) is 0 Å². The summed E-state index contributed by atoms with van der Waals surface area (Å²) in [5, 5.41) is 10.3. The van der Waals surface area contributed by atoms with Crippen LogP contribution in [0, 0.1) is 11.8 Å². The number of hydrogen-bond acceptors (Lipinski definition) is 5. The summed E-state index contributed by atoms with van der Waals surface area (Å²) in [5.74, 6) is 7.23. The minimum atomic E-state index is -1.03. The number of fused-ring (bicyclic) bond motifs is 1. The average molecular weight is 439 g/mol. The number of thioether (sulfide) groups is 1. The largest absolute Gasteiger partial charge is 0.497 e. The van der Waals surface area contributed by atoms with E-state index in [2.05, 4.69) is 11.8 Å². The maximum Gasteiger partial charge on any atom is 0.257 e. The number of aliphatic hydroxyl groups is 1. The summed E-state index contributed by atoms with van der Waals surface area (Å²) < 4.78 is 5.21. The number of ether oxygens (including phenoxy) is 1. The highest BCUT2D eigenvalue weighted by Gasteiger charge is 2.50. The number of anilines is 1. The third-order valence-electron chi connectivity index (χ3n) is 4.96. The Labute approximate surface area is 186 Å². The maximum atomic E-state index is 13.1. The lowest BCUT2D eigenvalue weighted by Crippen LogP contribution is -2.33. The first-order valence-corrected chi connectivity index (χ1v) is 11.0. The molecule has 0 spiro atoms. The van der Waals surface area contributed by atoms with E-state index >= 15 is 0 Å². The molecule has 0 aliphatic carbocycles. The van der Waals surface area contributed by atoms with Gasteiger partial charge in [-0.05, 0) is 68.0 Å². The van der Waals surface area contributed by atoms with Gasteiger partial charge in [-0.15, -0.1) is 11.8 Å². The van der Waals surface area contributed by atoms with Crippen LogP contribution in [0.5, 0.6) is 5.75 Å². The molecule has 2 aliphatic rings. The molecule has 0 radical (unpaired) electrons.